The maximum absolute atomic E-state index is 13.8. The Morgan fingerprint density at radius 3 is 2.55 bits per heavy atom. The molecule has 2 aliphatic rings. The van der Waals surface area contributed by atoms with Gasteiger partial charge in [0, 0.05) is 31.5 Å². The number of aliphatic hydroxyl groups excluding tert-OH is 1. The number of methoxy groups -OCH3 is 1. The molecule has 1 fully saturated rings. The van der Waals surface area contributed by atoms with Gasteiger partial charge in [0.15, 0.2) is 0 Å². The van der Waals surface area contributed by atoms with E-state index in [2.05, 4.69) is 0 Å². The number of hydrogen-bond donors (Lipinski definition) is 1. The Bertz CT molecular complexity index is 1230. The predicted molar refractivity (Wildman–Crippen MR) is 147 cm³/mol. The van der Waals surface area contributed by atoms with Gasteiger partial charge in [0.05, 0.1) is 20.3 Å². The molecule has 38 heavy (non-hydrogen) atoms. The van der Waals surface area contributed by atoms with Crippen molar-refractivity contribution in [2.24, 2.45) is 11.8 Å². The molecular formula is C29H40N2O6S. The molecule has 1 aliphatic heterocycles. The topological polar surface area (TPSA) is 96.4 Å². The third kappa shape index (κ3) is 6.00. The molecule has 1 heterocycles. The van der Waals surface area contributed by atoms with E-state index in [4.69, 9.17) is 9.47 Å². The van der Waals surface area contributed by atoms with Gasteiger partial charge in [0.25, 0.3) is 0 Å². The minimum absolute atomic E-state index is 0.0378. The van der Waals surface area contributed by atoms with Crippen molar-refractivity contribution in [2.45, 2.75) is 63.0 Å². The second-order valence-corrected chi connectivity index (χ2v) is 12.5. The van der Waals surface area contributed by atoms with Crippen LogP contribution in [0, 0.1) is 11.8 Å². The standard InChI is InChI=1S/C29H40N2O6S/c1-20-17-31(21(2)19-32)38(34,35)28-14-13-24(23-11-8-12-25(15-23)36-4)16-26(28)37-27(20)18-30(3)29(33)22-9-6-5-7-10-22/h8,11-16,20-22,27,32H,5-7,9-10,17-19H2,1-4H3/t20-,21-,27-/m1/s1. The number of nitrogens with zero attached hydrogens (tertiary/aromatic N) is 2. The van der Waals surface area contributed by atoms with Crippen molar-refractivity contribution in [1.82, 2.24) is 9.21 Å². The van der Waals surface area contributed by atoms with Gasteiger partial charge < -0.3 is 19.5 Å². The van der Waals surface area contributed by atoms with Gasteiger partial charge in [0.2, 0.25) is 15.9 Å². The number of hydrogen-bond acceptors (Lipinski definition) is 6. The lowest BCUT2D eigenvalue weighted by molar-refractivity contribution is -0.136. The molecule has 2 aromatic carbocycles. The number of aliphatic hydroxyl groups is 1. The number of rotatable bonds is 7. The number of benzene rings is 2. The maximum atomic E-state index is 13.8. The minimum atomic E-state index is -3.94. The molecule has 0 aromatic heterocycles. The van der Waals surface area contributed by atoms with Gasteiger partial charge in [-0.05, 0) is 55.2 Å². The van der Waals surface area contributed by atoms with Crippen LogP contribution in [-0.2, 0) is 14.8 Å². The monoisotopic (exact) mass is 544 g/mol. The summed E-state index contributed by atoms with van der Waals surface area (Å²) in [5.41, 5.74) is 1.66. The molecule has 2 aromatic rings. The maximum Gasteiger partial charge on any atom is 0.247 e. The van der Waals surface area contributed by atoms with Crippen LogP contribution < -0.4 is 9.47 Å². The molecule has 1 aliphatic carbocycles. The summed E-state index contributed by atoms with van der Waals surface area (Å²) in [6.07, 6.45) is 4.72. The Morgan fingerprint density at radius 2 is 1.87 bits per heavy atom. The van der Waals surface area contributed by atoms with Gasteiger partial charge in [0.1, 0.15) is 22.5 Å². The number of ether oxygens (including phenoxy) is 2. The highest BCUT2D eigenvalue weighted by Crippen LogP contribution is 2.37. The van der Waals surface area contributed by atoms with Crippen LogP contribution in [0.15, 0.2) is 47.4 Å². The summed E-state index contributed by atoms with van der Waals surface area (Å²) in [5.74, 6) is 0.876. The lowest BCUT2D eigenvalue weighted by Crippen LogP contribution is -2.50. The van der Waals surface area contributed by atoms with Crippen LogP contribution in [0.3, 0.4) is 0 Å². The largest absolute Gasteiger partial charge is 0.497 e. The van der Waals surface area contributed by atoms with Crippen LogP contribution in [-0.4, -0.2) is 74.6 Å². The fourth-order valence-corrected chi connectivity index (χ4v) is 7.27. The molecule has 0 unspecified atom stereocenters. The van der Waals surface area contributed by atoms with Crippen molar-refractivity contribution in [3.8, 4) is 22.6 Å². The van der Waals surface area contributed by atoms with Gasteiger partial charge in [-0.3, -0.25) is 4.79 Å². The van der Waals surface area contributed by atoms with E-state index in [1.165, 1.54) is 10.7 Å². The second-order valence-electron chi connectivity index (χ2n) is 10.7. The van der Waals surface area contributed by atoms with Crippen LogP contribution in [0.25, 0.3) is 11.1 Å². The Balaban J connectivity index is 1.72. The van der Waals surface area contributed by atoms with E-state index < -0.39 is 22.2 Å². The van der Waals surface area contributed by atoms with Crippen molar-refractivity contribution < 1.29 is 27.8 Å². The molecule has 208 valence electrons. The molecule has 9 heteroatoms. The average molecular weight is 545 g/mol. The molecule has 1 N–H and O–H groups in total. The zero-order valence-electron chi connectivity index (χ0n) is 22.8. The summed E-state index contributed by atoms with van der Waals surface area (Å²) in [4.78, 5) is 15.0. The Morgan fingerprint density at radius 1 is 1.16 bits per heavy atom. The Hall–Kier alpha value is -2.62. The molecule has 4 rings (SSSR count). The van der Waals surface area contributed by atoms with Gasteiger partial charge in [-0.15, -0.1) is 0 Å². The highest BCUT2D eigenvalue weighted by Gasteiger charge is 2.39. The summed E-state index contributed by atoms with van der Waals surface area (Å²) in [5, 5.41) is 9.88. The van der Waals surface area contributed by atoms with E-state index in [1.807, 2.05) is 38.2 Å². The molecule has 0 radical (unpaired) electrons. The van der Waals surface area contributed by atoms with Gasteiger partial charge in [-0.1, -0.05) is 44.4 Å². The Kier molecular flexibility index (Phi) is 9.00. The van der Waals surface area contributed by atoms with E-state index in [0.717, 1.165) is 36.8 Å². The lowest BCUT2D eigenvalue weighted by atomic mass is 9.88. The molecule has 1 saturated carbocycles. The Labute approximate surface area is 226 Å². The van der Waals surface area contributed by atoms with Crippen molar-refractivity contribution in [3.05, 3.63) is 42.5 Å². The molecule has 3 atom stereocenters. The van der Waals surface area contributed by atoms with Gasteiger partial charge in [-0.25, -0.2) is 8.42 Å². The van der Waals surface area contributed by atoms with Crippen molar-refractivity contribution in [3.63, 3.8) is 0 Å². The third-order valence-corrected chi connectivity index (χ3v) is 9.87. The normalized spacial score (nSPS) is 22.9. The van der Waals surface area contributed by atoms with E-state index in [9.17, 15) is 18.3 Å². The number of carbonyl (C=O) groups excluding carboxylic acids is 1. The molecule has 0 bridgehead atoms. The lowest BCUT2D eigenvalue weighted by Gasteiger charge is -2.38. The number of amides is 1. The quantitative estimate of drug-likeness (QED) is 0.562. The van der Waals surface area contributed by atoms with E-state index in [-0.39, 0.29) is 41.5 Å². The first kappa shape index (κ1) is 28.4. The number of fused-ring (bicyclic) bond motifs is 1. The summed E-state index contributed by atoms with van der Waals surface area (Å²) in [6, 6.07) is 12.0. The fourth-order valence-electron chi connectivity index (χ4n) is 5.45. The summed E-state index contributed by atoms with van der Waals surface area (Å²) in [7, 11) is -0.531. The fraction of sp³-hybridized carbons (Fsp3) is 0.552. The number of sulfonamides is 1. The van der Waals surface area contributed by atoms with Crippen molar-refractivity contribution >= 4 is 15.9 Å². The smallest absolute Gasteiger partial charge is 0.247 e. The van der Waals surface area contributed by atoms with Crippen LogP contribution in [0.5, 0.6) is 11.5 Å². The highest BCUT2D eigenvalue weighted by atomic mass is 32.2. The zero-order valence-corrected chi connectivity index (χ0v) is 23.6. The molecule has 0 saturated heterocycles. The predicted octanol–water partition coefficient (Wildman–Crippen LogP) is 4.17. The average Bonchev–Trinajstić information content (AvgIpc) is 2.94. The summed E-state index contributed by atoms with van der Waals surface area (Å²) in [6.45, 7) is 3.87. The minimum Gasteiger partial charge on any atom is -0.497 e. The SMILES string of the molecule is COc1cccc(-c2ccc3c(c2)O[C@H](CN(C)C(=O)C2CCCCC2)[C@H](C)CN([C@H](C)CO)S3(=O)=O)c1. The van der Waals surface area contributed by atoms with Crippen LogP contribution >= 0.6 is 0 Å². The summed E-state index contributed by atoms with van der Waals surface area (Å²) < 4.78 is 40.7. The van der Waals surface area contributed by atoms with E-state index in [1.54, 1.807) is 37.1 Å². The molecule has 1 amide bonds. The zero-order chi connectivity index (χ0) is 27.4. The first-order chi connectivity index (χ1) is 18.1. The molecular weight excluding hydrogens is 504 g/mol. The summed E-state index contributed by atoms with van der Waals surface area (Å²) >= 11 is 0. The van der Waals surface area contributed by atoms with E-state index in [0.29, 0.717) is 12.3 Å². The first-order valence-corrected chi connectivity index (χ1v) is 14.9. The van der Waals surface area contributed by atoms with E-state index >= 15 is 0 Å². The van der Waals surface area contributed by atoms with Gasteiger partial charge >= 0.3 is 0 Å². The number of carbonyl (C=O) groups is 1. The van der Waals surface area contributed by atoms with Crippen LogP contribution in [0.2, 0.25) is 0 Å². The molecule has 8 nitrogen and oxygen atoms in total. The van der Waals surface area contributed by atoms with Crippen molar-refractivity contribution in [1.29, 1.82) is 0 Å². The highest BCUT2D eigenvalue weighted by molar-refractivity contribution is 7.89. The first-order valence-electron chi connectivity index (χ1n) is 13.5. The second kappa shape index (κ2) is 12.1. The number of likely N-dealkylation sites (N-methyl/N-ethyl adjacent to an activating group) is 1. The third-order valence-electron chi connectivity index (χ3n) is 7.85. The van der Waals surface area contributed by atoms with Crippen LogP contribution in [0.1, 0.15) is 46.0 Å². The van der Waals surface area contributed by atoms with Crippen molar-refractivity contribution in [2.75, 3.05) is 33.9 Å². The van der Waals surface area contributed by atoms with Gasteiger partial charge in [-0.2, -0.15) is 4.31 Å². The molecule has 0 spiro atoms. The van der Waals surface area contributed by atoms with Crippen LogP contribution in [0.4, 0.5) is 0 Å².